The van der Waals surface area contributed by atoms with Crippen LogP contribution in [-0.2, 0) is 11.8 Å². The van der Waals surface area contributed by atoms with Crippen molar-refractivity contribution < 1.29 is 9.53 Å². The molecule has 0 aliphatic carbocycles. The van der Waals surface area contributed by atoms with E-state index in [-0.39, 0.29) is 18.3 Å². The van der Waals surface area contributed by atoms with Crippen molar-refractivity contribution >= 4 is 29.3 Å². The first-order valence-electron chi connectivity index (χ1n) is 8.33. The third-order valence-corrected chi connectivity index (χ3v) is 4.73. The minimum Gasteiger partial charge on any atom is -0.460 e. The van der Waals surface area contributed by atoms with Crippen LogP contribution in [-0.4, -0.2) is 37.1 Å². The smallest absolute Gasteiger partial charge is 0.376 e. The van der Waals surface area contributed by atoms with E-state index in [0.717, 1.165) is 11.5 Å². The van der Waals surface area contributed by atoms with E-state index in [9.17, 15) is 10.1 Å². The molecule has 0 N–H and O–H groups in total. The molecular weight excluding hydrogens is 364 g/mol. The molecule has 2 atom stereocenters. The summed E-state index contributed by atoms with van der Waals surface area (Å²) in [6.45, 7) is 3.87. The first kappa shape index (κ1) is 18.8. The number of rotatable bonds is 4. The normalized spacial score (nSPS) is 19.1. The van der Waals surface area contributed by atoms with Crippen molar-refractivity contribution in [1.82, 2.24) is 19.5 Å². The summed E-state index contributed by atoms with van der Waals surface area (Å²) in [6.07, 6.45) is 6.65. The molecule has 8 nitrogen and oxygen atoms in total. The summed E-state index contributed by atoms with van der Waals surface area (Å²) in [4.78, 5) is 28.5. The van der Waals surface area contributed by atoms with Gasteiger partial charge in [-0.25, -0.2) is 24.7 Å². The maximum Gasteiger partial charge on any atom is 0.376 e. The second-order valence-corrected chi connectivity index (χ2v) is 6.42. The van der Waals surface area contributed by atoms with E-state index in [1.165, 1.54) is 12.4 Å². The number of imidazole rings is 1. The fourth-order valence-electron chi connectivity index (χ4n) is 2.80. The fourth-order valence-corrected chi connectivity index (χ4v) is 3.13. The van der Waals surface area contributed by atoms with E-state index in [4.69, 9.17) is 4.74 Å². The molecule has 1 aliphatic heterocycles. The minimum atomic E-state index is -0.576. The van der Waals surface area contributed by atoms with Gasteiger partial charge in [0.25, 0.3) is 0 Å². The van der Waals surface area contributed by atoms with Gasteiger partial charge in [-0.3, -0.25) is 0 Å². The molecule has 3 rings (SSSR count). The van der Waals surface area contributed by atoms with E-state index in [1.54, 1.807) is 13.1 Å². The Labute approximate surface area is 162 Å². The maximum absolute atomic E-state index is 11.7. The van der Waals surface area contributed by atoms with Crippen LogP contribution in [0.1, 0.15) is 40.5 Å². The molecule has 2 aromatic heterocycles. The van der Waals surface area contributed by atoms with Crippen LogP contribution in [0.2, 0.25) is 0 Å². The quantitative estimate of drug-likeness (QED) is 0.642. The molecule has 138 valence electrons. The van der Waals surface area contributed by atoms with Crippen molar-refractivity contribution in [2.75, 3.05) is 6.61 Å². The number of carbonyl (C=O) groups is 1. The third kappa shape index (κ3) is 3.61. The number of carbonyl (C=O) groups excluding carboxylic acids is 1. The number of hydrogen-bond donors (Lipinski definition) is 1. The van der Waals surface area contributed by atoms with Gasteiger partial charge in [-0.15, -0.1) is 12.6 Å². The lowest BCUT2D eigenvalue weighted by atomic mass is 9.87. The average molecular weight is 382 g/mol. The maximum atomic E-state index is 11.7. The number of aliphatic imine (C=N–C) groups is 1. The molecule has 0 amide bonds. The van der Waals surface area contributed by atoms with E-state index >= 15 is 0 Å². The summed E-state index contributed by atoms with van der Waals surface area (Å²) in [5, 5.41) is 9.99. The lowest BCUT2D eigenvalue weighted by Crippen LogP contribution is -2.22. The van der Waals surface area contributed by atoms with Gasteiger partial charge in [-0.2, -0.15) is 5.26 Å². The Morgan fingerprint density at radius 1 is 1.33 bits per heavy atom. The summed E-state index contributed by atoms with van der Waals surface area (Å²) in [5.74, 6) is -0.506. The van der Waals surface area contributed by atoms with Crippen LogP contribution >= 0.6 is 12.6 Å². The second-order valence-electron chi connectivity index (χ2n) is 5.96. The number of allylic oxidation sites excluding steroid dienone is 1. The standard InChI is InChI=1S/C18H18N6O2S/c1-4-26-18(25)16-21-7-11(8-22-16)14-5-12(13(6-19)17(27)23-14)15-9-20-10(2)24(15)3/h5,7-9,12-13H,4H2,1-3H3,(H,23,27). The molecule has 0 spiro atoms. The summed E-state index contributed by atoms with van der Waals surface area (Å²) in [7, 11) is 1.90. The number of nitriles is 1. The van der Waals surface area contributed by atoms with Gasteiger partial charge in [0, 0.05) is 42.8 Å². The predicted octanol–water partition coefficient (Wildman–Crippen LogP) is 2.30. The Morgan fingerprint density at radius 3 is 2.59 bits per heavy atom. The van der Waals surface area contributed by atoms with Crippen molar-refractivity contribution in [2.45, 2.75) is 19.8 Å². The number of ether oxygens (including phenoxy) is 1. The molecule has 9 heteroatoms. The number of aryl methyl sites for hydroxylation is 1. The van der Waals surface area contributed by atoms with Crippen LogP contribution in [0.15, 0.2) is 29.7 Å². The summed E-state index contributed by atoms with van der Waals surface area (Å²) >= 11 is 4.42. The van der Waals surface area contributed by atoms with Gasteiger partial charge in [0.1, 0.15) is 11.7 Å². The Bertz CT molecular complexity index is 971. The van der Waals surface area contributed by atoms with Crippen LogP contribution in [0.4, 0.5) is 0 Å². The number of nitrogens with zero attached hydrogens (tertiary/aromatic N) is 6. The van der Waals surface area contributed by atoms with Gasteiger partial charge in [0.2, 0.25) is 5.82 Å². The van der Waals surface area contributed by atoms with Crippen molar-refractivity contribution in [3.63, 3.8) is 0 Å². The summed E-state index contributed by atoms with van der Waals surface area (Å²) in [6, 6.07) is 2.26. The average Bonchev–Trinajstić information content (AvgIpc) is 3.00. The van der Waals surface area contributed by atoms with Crippen LogP contribution in [0, 0.1) is 24.2 Å². The first-order chi connectivity index (χ1) is 13.0. The molecule has 0 saturated heterocycles. The van der Waals surface area contributed by atoms with Crippen molar-refractivity contribution in [3.05, 3.63) is 47.6 Å². The molecular formula is C18H18N6O2S. The van der Waals surface area contributed by atoms with Crippen LogP contribution in [0.25, 0.3) is 5.70 Å². The summed E-state index contributed by atoms with van der Waals surface area (Å²) < 4.78 is 6.83. The van der Waals surface area contributed by atoms with Crippen molar-refractivity contribution in [1.29, 1.82) is 5.26 Å². The van der Waals surface area contributed by atoms with Gasteiger partial charge in [-0.1, -0.05) is 0 Å². The Hall–Kier alpha value is -2.99. The number of esters is 1. The van der Waals surface area contributed by atoms with Gasteiger partial charge >= 0.3 is 5.97 Å². The Kier molecular flexibility index (Phi) is 5.37. The van der Waals surface area contributed by atoms with E-state index < -0.39 is 11.9 Å². The van der Waals surface area contributed by atoms with Crippen molar-refractivity contribution in [2.24, 2.45) is 18.0 Å². The first-order valence-corrected chi connectivity index (χ1v) is 8.77. The lowest BCUT2D eigenvalue weighted by molar-refractivity contribution is 0.0512. The van der Waals surface area contributed by atoms with Crippen LogP contribution < -0.4 is 0 Å². The number of aromatic nitrogens is 4. The number of thiol groups is 1. The molecule has 3 heterocycles. The highest BCUT2D eigenvalue weighted by Gasteiger charge is 2.31. The lowest BCUT2D eigenvalue weighted by Gasteiger charge is -2.24. The molecule has 1 aliphatic rings. The SMILES string of the molecule is CCOC(=O)c1ncc(C2=CC(c3cnc(C)n3C)C(C#N)C(S)=N2)cn1. The molecule has 0 radical (unpaired) electrons. The zero-order valence-corrected chi connectivity index (χ0v) is 16.0. The largest absolute Gasteiger partial charge is 0.460 e. The van der Waals surface area contributed by atoms with Gasteiger partial charge < -0.3 is 9.30 Å². The highest BCUT2D eigenvalue weighted by molar-refractivity contribution is 7.97. The number of hydrogen-bond acceptors (Lipinski definition) is 7. The highest BCUT2D eigenvalue weighted by atomic mass is 32.1. The topological polar surface area (TPSA) is 106 Å². The molecule has 27 heavy (non-hydrogen) atoms. The Balaban J connectivity index is 1.98. The Morgan fingerprint density at radius 2 is 2.04 bits per heavy atom. The molecule has 2 aromatic rings. The van der Waals surface area contributed by atoms with Crippen molar-refractivity contribution in [3.8, 4) is 6.07 Å². The predicted molar refractivity (Wildman–Crippen MR) is 102 cm³/mol. The van der Waals surface area contributed by atoms with Gasteiger partial charge in [-0.05, 0) is 19.9 Å². The molecule has 0 saturated carbocycles. The third-order valence-electron chi connectivity index (χ3n) is 4.35. The zero-order valence-electron chi connectivity index (χ0n) is 15.1. The van der Waals surface area contributed by atoms with Gasteiger partial charge in [0.15, 0.2) is 0 Å². The van der Waals surface area contributed by atoms with Crippen LogP contribution in [0.5, 0.6) is 0 Å². The van der Waals surface area contributed by atoms with Gasteiger partial charge in [0.05, 0.1) is 23.4 Å². The molecule has 0 bridgehead atoms. The highest BCUT2D eigenvalue weighted by Crippen LogP contribution is 2.36. The van der Waals surface area contributed by atoms with E-state index in [2.05, 4.69) is 38.6 Å². The fraction of sp³-hybridized carbons (Fsp3) is 0.333. The monoisotopic (exact) mass is 382 g/mol. The molecule has 0 fully saturated rings. The summed E-state index contributed by atoms with van der Waals surface area (Å²) in [5.41, 5.74) is 2.10. The zero-order chi connectivity index (χ0) is 19.6. The van der Waals surface area contributed by atoms with E-state index in [1.807, 2.05) is 24.6 Å². The molecule has 2 unspecified atom stereocenters. The van der Waals surface area contributed by atoms with E-state index in [0.29, 0.717) is 16.3 Å². The van der Waals surface area contributed by atoms with Crippen LogP contribution in [0.3, 0.4) is 0 Å². The second kappa shape index (κ2) is 7.72. The minimum absolute atomic E-state index is 0.0132. The molecule has 0 aromatic carbocycles.